The standard InChI is InChI=1S/C13H13N2O4PS2/c1-16-20(21,17-2)19-12-11(8-14)22-13(15-12)18-9-10-6-4-3-5-7-10/h3-7H,9H2,1-2H3. The van der Waals surface area contributed by atoms with E-state index in [9.17, 15) is 0 Å². The van der Waals surface area contributed by atoms with Crippen molar-refractivity contribution in [1.82, 2.24) is 4.98 Å². The van der Waals surface area contributed by atoms with E-state index in [-0.39, 0.29) is 10.8 Å². The molecule has 0 bridgehead atoms. The van der Waals surface area contributed by atoms with Gasteiger partial charge in [-0.25, -0.2) is 0 Å². The van der Waals surface area contributed by atoms with Crippen molar-refractivity contribution in [2.45, 2.75) is 6.61 Å². The van der Waals surface area contributed by atoms with Crippen molar-refractivity contribution >= 4 is 29.9 Å². The van der Waals surface area contributed by atoms with Crippen LogP contribution in [-0.2, 0) is 27.5 Å². The summed E-state index contributed by atoms with van der Waals surface area (Å²) in [5.41, 5.74) is 0.998. The van der Waals surface area contributed by atoms with Crippen LogP contribution in [0.5, 0.6) is 11.1 Å². The van der Waals surface area contributed by atoms with Crippen molar-refractivity contribution in [3.8, 4) is 17.1 Å². The molecule has 0 atom stereocenters. The average molecular weight is 356 g/mol. The smallest absolute Gasteiger partial charge is 0.381 e. The summed E-state index contributed by atoms with van der Waals surface area (Å²) in [4.78, 5) is 4.39. The third-order valence-corrected chi connectivity index (χ3v) is 5.79. The van der Waals surface area contributed by atoms with Gasteiger partial charge in [0.15, 0.2) is 4.88 Å². The van der Waals surface area contributed by atoms with Crippen LogP contribution < -0.4 is 9.26 Å². The van der Waals surface area contributed by atoms with Gasteiger partial charge < -0.3 is 18.3 Å². The van der Waals surface area contributed by atoms with E-state index in [1.807, 2.05) is 36.4 Å². The number of hydrogen-bond donors (Lipinski definition) is 0. The molecule has 0 aliphatic rings. The third kappa shape index (κ3) is 4.26. The van der Waals surface area contributed by atoms with Gasteiger partial charge in [0, 0.05) is 26.0 Å². The van der Waals surface area contributed by atoms with E-state index in [4.69, 9.17) is 35.4 Å². The highest BCUT2D eigenvalue weighted by molar-refractivity contribution is 8.07. The third-order valence-electron chi connectivity index (χ3n) is 2.53. The average Bonchev–Trinajstić information content (AvgIpc) is 2.95. The molecule has 0 spiro atoms. The highest BCUT2D eigenvalue weighted by Crippen LogP contribution is 2.49. The molecule has 1 aromatic carbocycles. The number of benzene rings is 1. The molecule has 0 amide bonds. The summed E-state index contributed by atoms with van der Waals surface area (Å²) in [6.07, 6.45) is 0. The van der Waals surface area contributed by atoms with E-state index < -0.39 is 6.72 Å². The molecule has 0 fully saturated rings. The molecule has 0 saturated heterocycles. The molecule has 116 valence electrons. The molecule has 0 aliphatic carbocycles. The summed E-state index contributed by atoms with van der Waals surface area (Å²) in [6, 6.07) is 11.6. The second kappa shape index (κ2) is 7.68. The van der Waals surface area contributed by atoms with Gasteiger partial charge in [-0.1, -0.05) is 41.7 Å². The lowest BCUT2D eigenvalue weighted by Crippen LogP contribution is -1.98. The lowest BCUT2D eigenvalue weighted by atomic mass is 10.2. The van der Waals surface area contributed by atoms with Crippen molar-refractivity contribution in [1.29, 1.82) is 5.26 Å². The van der Waals surface area contributed by atoms with E-state index in [1.54, 1.807) is 0 Å². The summed E-state index contributed by atoms with van der Waals surface area (Å²) in [5.74, 6) is 0.0718. The second-order valence-corrected chi connectivity index (χ2v) is 8.01. The minimum atomic E-state index is -2.94. The number of ether oxygens (including phenoxy) is 1. The normalized spacial score (nSPS) is 11.0. The van der Waals surface area contributed by atoms with Crippen LogP contribution in [0.4, 0.5) is 0 Å². The number of rotatable bonds is 7. The Morgan fingerprint density at radius 3 is 2.55 bits per heavy atom. The largest absolute Gasteiger partial charge is 0.465 e. The van der Waals surface area contributed by atoms with E-state index in [0.29, 0.717) is 11.8 Å². The predicted octanol–water partition coefficient (Wildman–Crippen LogP) is 3.49. The zero-order valence-corrected chi connectivity index (χ0v) is 14.4. The maximum Gasteiger partial charge on any atom is 0.381 e. The SMILES string of the molecule is COP(=S)(OC)Oc1nc(OCc2ccccc2)sc1C#N. The molecule has 6 nitrogen and oxygen atoms in total. The minimum absolute atomic E-state index is 0.0718. The Bertz CT molecular complexity index is 707. The van der Waals surface area contributed by atoms with Crippen LogP contribution in [0.3, 0.4) is 0 Å². The summed E-state index contributed by atoms with van der Waals surface area (Å²) in [5, 5.41) is 9.46. The van der Waals surface area contributed by atoms with E-state index in [2.05, 4.69) is 4.98 Å². The van der Waals surface area contributed by atoms with Gasteiger partial charge in [-0.05, 0) is 5.56 Å². The topological polar surface area (TPSA) is 73.6 Å². The Kier molecular flexibility index (Phi) is 5.89. The number of hydrogen-bond acceptors (Lipinski definition) is 8. The van der Waals surface area contributed by atoms with Gasteiger partial charge in [0.05, 0.1) is 0 Å². The Balaban J connectivity index is 2.12. The Hall–Kier alpha value is -1.49. The van der Waals surface area contributed by atoms with Crippen LogP contribution in [0.25, 0.3) is 0 Å². The zero-order valence-electron chi connectivity index (χ0n) is 11.9. The van der Waals surface area contributed by atoms with Crippen LogP contribution in [-0.4, -0.2) is 19.2 Å². The number of thiazole rings is 1. The van der Waals surface area contributed by atoms with Crippen LogP contribution >= 0.6 is 18.1 Å². The van der Waals surface area contributed by atoms with Crippen LogP contribution in [0.2, 0.25) is 0 Å². The van der Waals surface area contributed by atoms with Gasteiger partial charge >= 0.3 is 6.72 Å². The van der Waals surface area contributed by atoms with Crippen molar-refractivity contribution in [3.05, 3.63) is 40.8 Å². The molecule has 0 aliphatic heterocycles. The van der Waals surface area contributed by atoms with E-state index >= 15 is 0 Å². The number of nitriles is 1. The molecular weight excluding hydrogens is 343 g/mol. The summed E-state index contributed by atoms with van der Waals surface area (Å²) < 4.78 is 21.1. The molecule has 0 radical (unpaired) electrons. The Morgan fingerprint density at radius 2 is 1.95 bits per heavy atom. The van der Waals surface area contributed by atoms with Crippen molar-refractivity contribution in [2.24, 2.45) is 0 Å². The molecule has 1 aromatic heterocycles. The lowest BCUT2D eigenvalue weighted by Gasteiger charge is -2.16. The molecule has 2 aromatic rings. The van der Waals surface area contributed by atoms with Crippen molar-refractivity contribution in [3.63, 3.8) is 0 Å². The molecule has 2 rings (SSSR count). The number of nitrogens with zero attached hydrogens (tertiary/aromatic N) is 2. The molecule has 0 N–H and O–H groups in total. The first-order valence-electron chi connectivity index (χ1n) is 6.09. The van der Waals surface area contributed by atoms with Gasteiger partial charge in [0.25, 0.3) is 11.1 Å². The second-order valence-electron chi connectivity index (χ2n) is 3.90. The number of aromatic nitrogens is 1. The van der Waals surface area contributed by atoms with Crippen molar-refractivity contribution in [2.75, 3.05) is 14.2 Å². The predicted molar refractivity (Wildman–Crippen MR) is 86.5 cm³/mol. The first kappa shape index (κ1) is 16.9. The maximum atomic E-state index is 9.14. The maximum absolute atomic E-state index is 9.14. The molecule has 0 saturated carbocycles. The monoisotopic (exact) mass is 356 g/mol. The van der Waals surface area contributed by atoms with Gasteiger partial charge in [0.1, 0.15) is 12.7 Å². The molecule has 0 unspecified atom stereocenters. The van der Waals surface area contributed by atoms with E-state index in [1.165, 1.54) is 14.2 Å². The zero-order chi connectivity index (χ0) is 16.0. The van der Waals surface area contributed by atoms with Crippen LogP contribution in [0.15, 0.2) is 30.3 Å². The van der Waals surface area contributed by atoms with Gasteiger partial charge in [0.2, 0.25) is 0 Å². The van der Waals surface area contributed by atoms with Crippen LogP contribution in [0.1, 0.15) is 10.4 Å². The fourth-order valence-corrected chi connectivity index (χ4v) is 3.01. The highest BCUT2D eigenvalue weighted by Gasteiger charge is 2.24. The summed E-state index contributed by atoms with van der Waals surface area (Å²) in [7, 11) is 2.77. The fourth-order valence-electron chi connectivity index (χ4n) is 1.46. The Morgan fingerprint density at radius 1 is 1.27 bits per heavy atom. The minimum Gasteiger partial charge on any atom is -0.465 e. The van der Waals surface area contributed by atoms with E-state index in [0.717, 1.165) is 16.9 Å². The molecule has 22 heavy (non-hydrogen) atoms. The van der Waals surface area contributed by atoms with Gasteiger partial charge in [-0.2, -0.15) is 10.2 Å². The van der Waals surface area contributed by atoms with Crippen LogP contribution in [0, 0.1) is 11.3 Å². The van der Waals surface area contributed by atoms with Crippen molar-refractivity contribution < 1.29 is 18.3 Å². The summed E-state index contributed by atoms with van der Waals surface area (Å²) >= 11 is 6.18. The fraction of sp³-hybridized carbons (Fsp3) is 0.231. The quantitative estimate of drug-likeness (QED) is 0.703. The van der Waals surface area contributed by atoms with Gasteiger partial charge in [-0.15, -0.1) is 0 Å². The summed E-state index contributed by atoms with van der Waals surface area (Å²) in [6.45, 7) is -2.59. The molecule has 9 heteroatoms. The lowest BCUT2D eigenvalue weighted by molar-refractivity contribution is 0.267. The highest BCUT2D eigenvalue weighted by atomic mass is 32.5. The molecule has 1 heterocycles. The first-order valence-corrected chi connectivity index (χ1v) is 9.46. The van der Waals surface area contributed by atoms with Gasteiger partial charge in [-0.3, -0.25) is 0 Å². The Labute approximate surface area is 137 Å². The first-order chi connectivity index (χ1) is 10.6. The molecular formula is C13H13N2O4PS2.